The molecule has 0 spiro atoms. The Morgan fingerprint density at radius 1 is 1.31 bits per heavy atom. The molecule has 0 aromatic carbocycles. The predicted octanol–water partition coefficient (Wildman–Crippen LogP) is 0.168. The summed E-state index contributed by atoms with van der Waals surface area (Å²) in [5.74, 6) is -0.360. The van der Waals surface area contributed by atoms with Crippen molar-refractivity contribution in [1.82, 2.24) is 0 Å². The molecule has 1 heterocycles. The second-order valence-corrected chi connectivity index (χ2v) is 6.49. The molecule has 4 nitrogen and oxygen atoms in total. The maximum absolute atomic E-state index is 10.9. The van der Waals surface area contributed by atoms with Crippen molar-refractivity contribution in [1.29, 1.82) is 0 Å². The molecule has 0 amide bonds. The van der Waals surface area contributed by atoms with Crippen LogP contribution >= 0.6 is 0 Å². The fourth-order valence-electron chi connectivity index (χ4n) is 1.46. The van der Waals surface area contributed by atoms with Crippen molar-refractivity contribution in [2.45, 2.75) is 32.0 Å². The molecule has 0 radical (unpaired) electrons. The summed E-state index contributed by atoms with van der Waals surface area (Å²) in [4.78, 5) is 10.7. The van der Waals surface area contributed by atoms with Gasteiger partial charge in [0.15, 0.2) is 21.7 Å². The quantitative estimate of drug-likeness (QED) is 0.604. The van der Waals surface area contributed by atoms with E-state index in [9.17, 15) is 13.2 Å². The summed E-state index contributed by atoms with van der Waals surface area (Å²) in [5, 5.41) is 0. The van der Waals surface area contributed by atoms with E-state index in [0.29, 0.717) is 6.29 Å². The van der Waals surface area contributed by atoms with Crippen LogP contribution in [-0.4, -0.2) is 37.4 Å². The Hall–Kier alpha value is -0.420. The lowest BCUT2D eigenvalue weighted by molar-refractivity contribution is -0.146. The molecule has 1 saturated heterocycles. The van der Waals surface area contributed by atoms with Gasteiger partial charge in [-0.3, -0.25) is 0 Å². The Morgan fingerprint density at radius 2 is 1.77 bits per heavy atom. The number of carbonyl (C=O) groups is 1. The van der Waals surface area contributed by atoms with Gasteiger partial charge in [0, 0.05) is 0 Å². The Balaban J connectivity index is 2.72. The highest BCUT2D eigenvalue weighted by Crippen LogP contribution is 2.30. The third kappa shape index (κ3) is 2.51. The molecule has 0 bridgehead atoms. The SMILES string of the molecule is CC(C)(C)OC1(C=O)CS(=O)(=O)C1. The molecule has 76 valence electrons. The topological polar surface area (TPSA) is 60.4 Å². The van der Waals surface area contributed by atoms with E-state index in [0.717, 1.165) is 0 Å². The molecule has 0 aliphatic carbocycles. The molecule has 0 aromatic heterocycles. The lowest BCUT2D eigenvalue weighted by Crippen LogP contribution is -2.60. The van der Waals surface area contributed by atoms with Crippen molar-refractivity contribution in [2.24, 2.45) is 0 Å². The van der Waals surface area contributed by atoms with Crippen LogP contribution in [0.2, 0.25) is 0 Å². The summed E-state index contributed by atoms with van der Waals surface area (Å²) in [6, 6.07) is 0. The summed E-state index contributed by atoms with van der Waals surface area (Å²) in [6.45, 7) is 5.38. The molecule has 1 aliphatic rings. The first-order chi connectivity index (χ1) is 5.68. The van der Waals surface area contributed by atoms with E-state index in [4.69, 9.17) is 4.74 Å². The fourth-order valence-corrected chi connectivity index (χ4v) is 3.12. The van der Waals surface area contributed by atoms with E-state index in [1.54, 1.807) is 20.8 Å². The molecule has 0 unspecified atom stereocenters. The lowest BCUT2D eigenvalue weighted by atomic mass is 10.1. The zero-order valence-corrected chi connectivity index (χ0v) is 8.85. The average Bonchev–Trinajstić information content (AvgIpc) is 1.79. The minimum atomic E-state index is -3.03. The van der Waals surface area contributed by atoms with E-state index in [2.05, 4.69) is 0 Å². The largest absolute Gasteiger partial charge is 0.360 e. The van der Waals surface area contributed by atoms with Gasteiger partial charge >= 0.3 is 0 Å². The minimum absolute atomic E-state index is 0.180. The highest BCUT2D eigenvalue weighted by atomic mass is 32.2. The molecule has 1 rings (SSSR count). The second kappa shape index (κ2) is 2.78. The molecule has 1 fully saturated rings. The number of carbonyl (C=O) groups excluding carboxylic acids is 1. The third-order valence-electron chi connectivity index (χ3n) is 1.65. The van der Waals surface area contributed by atoms with Gasteiger partial charge in [-0.2, -0.15) is 0 Å². The van der Waals surface area contributed by atoms with Gasteiger partial charge in [-0.25, -0.2) is 8.42 Å². The van der Waals surface area contributed by atoms with Crippen molar-refractivity contribution in [2.75, 3.05) is 11.5 Å². The number of ether oxygens (including phenoxy) is 1. The van der Waals surface area contributed by atoms with Crippen LogP contribution in [0.25, 0.3) is 0 Å². The first kappa shape index (κ1) is 10.7. The third-order valence-corrected chi connectivity index (χ3v) is 3.51. The number of hydrogen-bond donors (Lipinski definition) is 0. The number of sulfone groups is 1. The summed E-state index contributed by atoms with van der Waals surface area (Å²) in [7, 11) is -3.03. The van der Waals surface area contributed by atoms with Crippen molar-refractivity contribution in [3.8, 4) is 0 Å². The van der Waals surface area contributed by atoms with Gasteiger partial charge in [0.2, 0.25) is 0 Å². The molecule has 0 aromatic rings. The zero-order valence-electron chi connectivity index (χ0n) is 8.03. The fraction of sp³-hybridized carbons (Fsp3) is 0.875. The van der Waals surface area contributed by atoms with E-state index in [1.807, 2.05) is 0 Å². The van der Waals surface area contributed by atoms with E-state index in [-0.39, 0.29) is 11.5 Å². The van der Waals surface area contributed by atoms with Gasteiger partial charge in [0.1, 0.15) is 0 Å². The van der Waals surface area contributed by atoms with Gasteiger partial charge in [-0.1, -0.05) is 0 Å². The zero-order chi connectivity index (χ0) is 10.3. The maximum atomic E-state index is 10.9. The maximum Gasteiger partial charge on any atom is 0.156 e. The van der Waals surface area contributed by atoms with Gasteiger partial charge in [0.05, 0.1) is 17.1 Å². The smallest absolute Gasteiger partial charge is 0.156 e. The molecular weight excluding hydrogens is 192 g/mol. The lowest BCUT2D eigenvalue weighted by Gasteiger charge is -2.40. The molecule has 1 aliphatic heterocycles. The van der Waals surface area contributed by atoms with Gasteiger partial charge in [-0.15, -0.1) is 0 Å². The predicted molar refractivity (Wildman–Crippen MR) is 48.3 cm³/mol. The van der Waals surface area contributed by atoms with Crippen molar-refractivity contribution in [3.63, 3.8) is 0 Å². The minimum Gasteiger partial charge on any atom is -0.360 e. The first-order valence-corrected chi connectivity index (χ1v) is 5.87. The summed E-state index contributed by atoms with van der Waals surface area (Å²) >= 11 is 0. The average molecular weight is 206 g/mol. The van der Waals surface area contributed by atoms with Crippen LogP contribution in [0, 0.1) is 0 Å². The molecule has 0 saturated carbocycles. The van der Waals surface area contributed by atoms with Crippen LogP contribution in [0.1, 0.15) is 20.8 Å². The highest BCUT2D eigenvalue weighted by molar-refractivity contribution is 7.93. The summed E-state index contributed by atoms with van der Waals surface area (Å²) in [6.07, 6.45) is 0.597. The van der Waals surface area contributed by atoms with Crippen LogP contribution in [0.5, 0.6) is 0 Å². The molecule has 0 atom stereocenters. The Labute approximate surface area is 78.2 Å². The van der Waals surface area contributed by atoms with Crippen LogP contribution in [0.4, 0.5) is 0 Å². The van der Waals surface area contributed by atoms with Crippen molar-refractivity contribution >= 4 is 16.1 Å². The van der Waals surface area contributed by atoms with E-state index < -0.39 is 21.0 Å². The number of hydrogen-bond acceptors (Lipinski definition) is 4. The number of rotatable bonds is 2. The van der Waals surface area contributed by atoms with Crippen LogP contribution < -0.4 is 0 Å². The molecule has 5 heteroatoms. The van der Waals surface area contributed by atoms with E-state index in [1.165, 1.54) is 0 Å². The Bertz CT molecular complexity index is 298. The number of aldehydes is 1. The van der Waals surface area contributed by atoms with Crippen molar-refractivity contribution in [3.05, 3.63) is 0 Å². The van der Waals surface area contributed by atoms with Crippen LogP contribution in [0.3, 0.4) is 0 Å². The van der Waals surface area contributed by atoms with Crippen molar-refractivity contribution < 1.29 is 17.9 Å². The molecule has 0 N–H and O–H groups in total. The molecule has 13 heavy (non-hydrogen) atoms. The normalized spacial score (nSPS) is 24.8. The van der Waals surface area contributed by atoms with Gasteiger partial charge in [0.25, 0.3) is 0 Å². The highest BCUT2D eigenvalue weighted by Gasteiger charge is 2.51. The van der Waals surface area contributed by atoms with Crippen LogP contribution in [0.15, 0.2) is 0 Å². The monoisotopic (exact) mass is 206 g/mol. The summed E-state index contributed by atoms with van der Waals surface area (Å²) in [5.41, 5.74) is -1.58. The Morgan fingerprint density at radius 3 is 2.00 bits per heavy atom. The summed E-state index contributed by atoms with van der Waals surface area (Å²) < 4.78 is 27.2. The van der Waals surface area contributed by atoms with Crippen LogP contribution in [-0.2, 0) is 19.4 Å². The Kier molecular flexibility index (Phi) is 2.28. The second-order valence-electron chi connectivity index (χ2n) is 4.43. The van der Waals surface area contributed by atoms with Gasteiger partial charge < -0.3 is 9.53 Å². The standard InChI is InChI=1S/C8H14O4S/c1-7(2,3)12-8(4-9)5-13(10,11)6-8/h4H,5-6H2,1-3H3. The first-order valence-electron chi connectivity index (χ1n) is 4.05. The molecular formula is C8H14O4S. The van der Waals surface area contributed by atoms with Gasteiger partial charge in [-0.05, 0) is 20.8 Å². The van der Waals surface area contributed by atoms with E-state index >= 15 is 0 Å².